The number of aromatic nitrogens is 1. The third-order valence-corrected chi connectivity index (χ3v) is 2.56. The van der Waals surface area contributed by atoms with Crippen LogP contribution in [0.3, 0.4) is 0 Å². The van der Waals surface area contributed by atoms with Gasteiger partial charge in [0, 0.05) is 11.2 Å². The quantitative estimate of drug-likeness (QED) is 0.908. The molecule has 1 aromatic heterocycles. The fourth-order valence-corrected chi connectivity index (χ4v) is 1.90. The average Bonchev–Trinajstić information content (AvgIpc) is 2.59. The molecule has 1 N–H and O–H groups in total. The average molecular weight is 274 g/mol. The molecule has 3 nitrogen and oxygen atoms in total. The van der Waals surface area contributed by atoms with Gasteiger partial charge in [-0.15, -0.1) is 0 Å². The van der Waals surface area contributed by atoms with Crippen LogP contribution in [-0.2, 0) is 0 Å². The highest BCUT2D eigenvalue weighted by Gasteiger charge is 2.14. The summed E-state index contributed by atoms with van der Waals surface area (Å²) in [6.07, 6.45) is 1.39. The fourth-order valence-electron chi connectivity index (χ4n) is 1.49. The normalized spacial score (nSPS) is 10.5. The molecule has 17 heavy (non-hydrogen) atoms. The number of carboxylic acids is 1. The Balaban J connectivity index is 2.63. The maximum absolute atomic E-state index is 13.2. The van der Waals surface area contributed by atoms with Crippen LogP contribution in [0.2, 0.25) is 10.0 Å². The van der Waals surface area contributed by atoms with Crippen molar-refractivity contribution in [2.24, 2.45) is 0 Å². The van der Waals surface area contributed by atoms with E-state index in [1.54, 1.807) is 0 Å². The van der Waals surface area contributed by atoms with E-state index in [2.05, 4.69) is 0 Å². The second-order valence-corrected chi connectivity index (χ2v) is 4.22. The summed E-state index contributed by atoms with van der Waals surface area (Å²) in [5, 5.41) is 9.41. The Morgan fingerprint density at radius 3 is 2.47 bits per heavy atom. The smallest absolute Gasteiger partial charge is 0.352 e. The van der Waals surface area contributed by atoms with Crippen LogP contribution in [0.4, 0.5) is 4.39 Å². The molecule has 0 unspecified atom stereocenters. The number of halogens is 3. The summed E-state index contributed by atoms with van der Waals surface area (Å²) in [4.78, 5) is 11.0. The van der Waals surface area contributed by atoms with Gasteiger partial charge in [0.1, 0.15) is 11.5 Å². The molecule has 0 aliphatic carbocycles. The van der Waals surface area contributed by atoms with Crippen LogP contribution in [-0.4, -0.2) is 15.6 Å². The summed E-state index contributed by atoms with van der Waals surface area (Å²) in [7, 11) is 0. The summed E-state index contributed by atoms with van der Waals surface area (Å²) in [5.74, 6) is -1.70. The lowest BCUT2D eigenvalue weighted by Crippen LogP contribution is -2.05. The number of aromatic carboxylic acids is 1. The first kappa shape index (κ1) is 12.0. The van der Waals surface area contributed by atoms with Gasteiger partial charge >= 0.3 is 5.97 Å². The van der Waals surface area contributed by atoms with Gasteiger partial charge < -0.3 is 9.67 Å². The topological polar surface area (TPSA) is 42.2 Å². The van der Waals surface area contributed by atoms with Gasteiger partial charge in [0.15, 0.2) is 0 Å². The molecule has 0 atom stereocenters. The molecular formula is C11H6Cl2FNO2. The first-order valence-electron chi connectivity index (χ1n) is 4.55. The Morgan fingerprint density at radius 1 is 1.18 bits per heavy atom. The highest BCUT2D eigenvalue weighted by molar-refractivity contribution is 6.31. The van der Waals surface area contributed by atoms with Crippen molar-refractivity contribution in [1.29, 1.82) is 0 Å². The van der Waals surface area contributed by atoms with Gasteiger partial charge in [-0.25, -0.2) is 9.18 Å². The zero-order valence-corrected chi connectivity index (χ0v) is 9.84. The van der Waals surface area contributed by atoms with Gasteiger partial charge in [0.25, 0.3) is 0 Å². The molecule has 0 aliphatic rings. The van der Waals surface area contributed by atoms with Crippen molar-refractivity contribution in [2.75, 3.05) is 0 Å². The third kappa shape index (κ3) is 2.43. The van der Waals surface area contributed by atoms with E-state index in [9.17, 15) is 9.18 Å². The van der Waals surface area contributed by atoms with Crippen LogP contribution in [0.15, 0.2) is 30.5 Å². The molecule has 2 rings (SSSR count). The molecule has 0 saturated heterocycles. The summed E-state index contributed by atoms with van der Waals surface area (Å²) in [5.41, 5.74) is 0.246. The van der Waals surface area contributed by atoms with Crippen LogP contribution < -0.4 is 0 Å². The first-order chi connectivity index (χ1) is 7.97. The molecule has 1 heterocycles. The minimum atomic E-state index is -1.16. The number of rotatable bonds is 2. The molecule has 1 aromatic carbocycles. The molecular weight excluding hydrogens is 268 g/mol. The highest BCUT2D eigenvalue weighted by Crippen LogP contribution is 2.23. The monoisotopic (exact) mass is 273 g/mol. The lowest BCUT2D eigenvalue weighted by Gasteiger charge is -2.06. The van der Waals surface area contributed by atoms with Crippen LogP contribution in [0.5, 0.6) is 0 Å². The molecule has 0 amide bonds. The number of hydrogen-bond donors (Lipinski definition) is 1. The van der Waals surface area contributed by atoms with E-state index in [-0.39, 0.29) is 15.7 Å². The van der Waals surface area contributed by atoms with Gasteiger partial charge in [-0.2, -0.15) is 0 Å². The van der Waals surface area contributed by atoms with E-state index >= 15 is 0 Å². The van der Waals surface area contributed by atoms with Crippen molar-refractivity contribution in [1.82, 2.24) is 4.57 Å². The van der Waals surface area contributed by atoms with Gasteiger partial charge in [0.05, 0.1) is 10.7 Å². The Morgan fingerprint density at radius 2 is 1.88 bits per heavy atom. The van der Waals surface area contributed by atoms with Crippen LogP contribution in [0.1, 0.15) is 10.5 Å². The molecule has 0 saturated carbocycles. The fraction of sp³-hybridized carbons (Fsp3) is 0. The molecule has 0 aliphatic heterocycles. The van der Waals surface area contributed by atoms with E-state index in [1.165, 1.54) is 29.0 Å². The van der Waals surface area contributed by atoms with Crippen LogP contribution >= 0.6 is 23.2 Å². The highest BCUT2D eigenvalue weighted by atomic mass is 35.5. The van der Waals surface area contributed by atoms with Crippen LogP contribution in [0, 0.1) is 5.82 Å². The van der Waals surface area contributed by atoms with E-state index < -0.39 is 11.8 Å². The first-order valence-corrected chi connectivity index (χ1v) is 5.30. The second-order valence-electron chi connectivity index (χ2n) is 3.35. The number of benzene rings is 1. The number of hydrogen-bond acceptors (Lipinski definition) is 1. The van der Waals surface area contributed by atoms with E-state index in [4.69, 9.17) is 28.3 Å². The molecule has 0 bridgehead atoms. The van der Waals surface area contributed by atoms with Gasteiger partial charge in [-0.1, -0.05) is 23.2 Å². The molecule has 0 radical (unpaired) electrons. The summed E-state index contributed by atoms with van der Waals surface area (Å²) >= 11 is 11.4. The second kappa shape index (κ2) is 4.39. The lowest BCUT2D eigenvalue weighted by molar-refractivity contribution is 0.0688. The zero-order valence-electron chi connectivity index (χ0n) is 8.32. The standard InChI is InChI=1S/C11H6Cl2FNO2/c12-6-1-8(14)4-9(2-6)15-5-7(13)3-10(15)11(16)17/h1-5H,(H,16,17). The predicted molar refractivity (Wildman–Crippen MR) is 62.7 cm³/mol. The minimum Gasteiger partial charge on any atom is -0.477 e. The van der Waals surface area contributed by atoms with Crippen molar-refractivity contribution in [3.8, 4) is 5.69 Å². The summed E-state index contributed by atoms with van der Waals surface area (Å²) < 4.78 is 14.4. The summed E-state index contributed by atoms with van der Waals surface area (Å²) in [6, 6.07) is 5.04. The van der Waals surface area contributed by atoms with Gasteiger partial charge in [-0.05, 0) is 24.3 Å². The Hall–Kier alpha value is -1.52. The van der Waals surface area contributed by atoms with E-state index in [0.29, 0.717) is 5.69 Å². The Labute approximate surface area is 106 Å². The molecule has 0 fully saturated rings. The summed E-state index contributed by atoms with van der Waals surface area (Å²) in [6.45, 7) is 0. The lowest BCUT2D eigenvalue weighted by atomic mass is 10.3. The molecule has 2 aromatic rings. The minimum absolute atomic E-state index is 0.0586. The largest absolute Gasteiger partial charge is 0.477 e. The number of carboxylic acid groups (broad SMARTS) is 1. The van der Waals surface area contributed by atoms with E-state index in [1.807, 2.05) is 0 Å². The Kier molecular flexibility index (Phi) is 3.09. The van der Waals surface area contributed by atoms with Gasteiger partial charge in [0.2, 0.25) is 0 Å². The van der Waals surface area contributed by atoms with Crippen LogP contribution in [0.25, 0.3) is 5.69 Å². The van der Waals surface area contributed by atoms with Crippen molar-refractivity contribution in [2.45, 2.75) is 0 Å². The van der Waals surface area contributed by atoms with Crippen molar-refractivity contribution >= 4 is 29.2 Å². The van der Waals surface area contributed by atoms with Crippen molar-refractivity contribution in [3.63, 3.8) is 0 Å². The van der Waals surface area contributed by atoms with E-state index in [0.717, 1.165) is 6.07 Å². The molecule has 6 heteroatoms. The molecule has 88 valence electrons. The maximum atomic E-state index is 13.2. The van der Waals surface area contributed by atoms with Crippen molar-refractivity contribution in [3.05, 3.63) is 52.0 Å². The number of carbonyl (C=O) groups is 1. The third-order valence-electron chi connectivity index (χ3n) is 2.13. The SMILES string of the molecule is O=C(O)c1cc(Cl)cn1-c1cc(F)cc(Cl)c1. The predicted octanol–water partition coefficient (Wildman–Crippen LogP) is 3.62. The number of nitrogens with zero attached hydrogens (tertiary/aromatic N) is 1. The van der Waals surface area contributed by atoms with Gasteiger partial charge in [-0.3, -0.25) is 0 Å². The Bertz CT molecular complexity index is 575. The zero-order chi connectivity index (χ0) is 12.6. The molecule has 0 spiro atoms. The van der Waals surface area contributed by atoms with Crippen molar-refractivity contribution < 1.29 is 14.3 Å². The maximum Gasteiger partial charge on any atom is 0.352 e.